The molecule has 3 heterocycles. The van der Waals surface area contributed by atoms with Crippen LogP contribution in [0, 0.1) is 0 Å². The average Bonchev–Trinajstić information content (AvgIpc) is 3.07. The van der Waals surface area contributed by atoms with Crippen molar-refractivity contribution in [1.82, 2.24) is 9.80 Å². The highest BCUT2D eigenvalue weighted by atomic mass is 32.1. The van der Waals surface area contributed by atoms with Crippen LogP contribution in [0.1, 0.15) is 24.4 Å². The van der Waals surface area contributed by atoms with E-state index in [2.05, 4.69) is 0 Å². The Bertz CT molecular complexity index is 496. The van der Waals surface area contributed by atoms with Crippen molar-refractivity contribution in [3.05, 3.63) is 22.4 Å². The highest BCUT2D eigenvalue weighted by Gasteiger charge is 2.40. The molecule has 0 radical (unpaired) electrons. The monoisotopic (exact) mass is 296 g/mol. The van der Waals surface area contributed by atoms with Gasteiger partial charge in [0.05, 0.1) is 6.04 Å². The second kappa shape index (κ2) is 5.32. The van der Waals surface area contributed by atoms with Crippen molar-refractivity contribution < 1.29 is 19.4 Å². The van der Waals surface area contributed by atoms with E-state index in [4.69, 9.17) is 9.84 Å². The highest BCUT2D eigenvalue weighted by Crippen LogP contribution is 2.33. The quantitative estimate of drug-likeness (QED) is 0.909. The van der Waals surface area contributed by atoms with Crippen molar-refractivity contribution in [2.45, 2.75) is 24.9 Å². The molecule has 7 heteroatoms. The van der Waals surface area contributed by atoms with Crippen LogP contribution in [0.4, 0.5) is 9.59 Å². The van der Waals surface area contributed by atoms with Gasteiger partial charge < -0.3 is 14.7 Å². The molecule has 1 aromatic heterocycles. The molecule has 20 heavy (non-hydrogen) atoms. The lowest BCUT2D eigenvalue weighted by Crippen LogP contribution is -2.47. The second-order valence-corrected chi connectivity index (χ2v) is 5.84. The van der Waals surface area contributed by atoms with Crippen LogP contribution in [0.3, 0.4) is 0 Å². The standard InChI is InChI=1S/C13H16N2O4S/c16-12(17)14-4-1-10(2-5-14)15-11(7-19-13(15)18)9-3-6-20-8-9/h3,6,8,10-11H,1-2,4-5,7H2,(H,16,17)/t11-/m0/s1. The number of thiophene rings is 1. The summed E-state index contributed by atoms with van der Waals surface area (Å²) in [6.07, 6.45) is 0.168. The zero-order valence-corrected chi connectivity index (χ0v) is 11.7. The number of cyclic esters (lactones) is 1. The Morgan fingerprint density at radius 2 is 2.15 bits per heavy atom. The van der Waals surface area contributed by atoms with E-state index >= 15 is 0 Å². The smallest absolute Gasteiger partial charge is 0.410 e. The lowest BCUT2D eigenvalue weighted by molar-refractivity contribution is 0.0966. The van der Waals surface area contributed by atoms with Gasteiger partial charge >= 0.3 is 12.2 Å². The number of piperidine rings is 1. The van der Waals surface area contributed by atoms with Crippen LogP contribution in [0.5, 0.6) is 0 Å². The minimum absolute atomic E-state index is 0.0323. The van der Waals surface area contributed by atoms with Gasteiger partial charge in [0.15, 0.2) is 0 Å². The first-order chi connectivity index (χ1) is 9.66. The fraction of sp³-hybridized carbons (Fsp3) is 0.538. The minimum Gasteiger partial charge on any atom is -0.465 e. The van der Waals surface area contributed by atoms with Gasteiger partial charge in [-0.15, -0.1) is 0 Å². The maximum absolute atomic E-state index is 12.0. The molecular formula is C13H16N2O4S. The SMILES string of the molecule is O=C(O)N1CCC(N2C(=O)OC[C@H]2c2ccsc2)CC1. The number of amides is 2. The highest BCUT2D eigenvalue weighted by molar-refractivity contribution is 7.07. The topological polar surface area (TPSA) is 70.1 Å². The molecule has 2 amide bonds. The second-order valence-electron chi connectivity index (χ2n) is 5.06. The fourth-order valence-corrected chi connectivity index (χ4v) is 3.60. The molecule has 2 aliphatic rings. The summed E-state index contributed by atoms with van der Waals surface area (Å²) in [7, 11) is 0. The van der Waals surface area contributed by atoms with E-state index in [0.29, 0.717) is 32.5 Å². The summed E-state index contributed by atoms with van der Waals surface area (Å²) in [5.41, 5.74) is 1.10. The molecule has 108 valence electrons. The van der Waals surface area contributed by atoms with Gasteiger partial charge in [0.25, 0.3) is 0 Å². The number of carbonyl (C=O) groups excluding carboxylic acids is 1. The van der Waals surface area contributed by atoms with Crippen LogP contribution in [0.25, 0.3) is 0 Å². The van der Waals surface area contributed by atoms with Crippen molar-refractivity contribution in [1.29, 1.82) is 0 Å². The van der Waals surface area contributed by atoms with Gasteiger partial charge in [-0.3, -0.25) is 4.90 Å². The zero-order chi connectivity index (χ0) is 14.1. The Kier molecular flexibility index (Phi) is 3.52. The summed E-state index contributed by atoms with van der Waals surface area (Å²) >= 11 is 1.60. The van der Waals surface area contributed by atoms with Crippen molar-refractivity contribution in [3.63, 3.8) is 0 Å². The maximum atomic E-state index is 12.0. The predicted octanol–water partition coefficient (Wildman–Crippen LogP) is 2.38. The summed E-state index contributed by atoms with van der Waals surface area (Å²) in [5.74, 6) is 0. The van der Waals surface area contributed by atoms with E-state index in [0.717, 1.165) is 5.56 Å². The zero-order valence-electron chi connectivity index (χ0n) is 10.9. The number of carboxylic acid groups (broad SMARTS) is 1. The molecule has 6 nitrogen and oxygen atoms in total. The van der Waals surface area contributed by atoms with E-state index in [1.54, 1.807) is 16.2 Å². The van der Waals surface area contributed by atoms with Crippen LogP contribution in [-0.4, -0.2) is 52.8 Å². The van der Waals surface area contributed by atoms with Gasteiger partial charge in [-0.1, -0.05) is 0 Å². The largest absolute Gasteiger partial charge is 0.465 e. The first-order valence-corrected chi connectivity index (χ1v) is 7.56. The van der Waals surface area contributed by atoms with E-state index in [9.17, 15) is 9.59 Å². The van der Waals surface area contributed by atoms with Crippen molar-refractivity contribution in [2.75, 3.05) is 19.7 Å². The van der Waals surface area contributed by atoms with Crippen molar-refractivity contribution in [3.8, 4) is 0 Å². The number of carbonyl (C=O) groups is 2. The Balaban J connectivity index is 1.72. The molecular weight excluding hydrogens is 280 g/mol. The van der Waals surface area contributed by atoms with Crippen molar-refractivity contribution >= 4 is 23.5 Å². The number of nitrogens with zero attached hydrogens (tertiary/aromatic N) is 2. The first-order valence-electron chi connectivity index (χ1n) is 6.62. The Morgan fingerprint density at radius 1 is 1.40 bits per heavy atom. The van der Waals surface area contributed by atoms with Crippen LogP contribution >= 0.6 is 11.3 Å². The Morgan fingerprint density at radius 3 is 2.75 bits per heavy atom. The van der Waals surface area contributed by atoms with Gasteiger partial charge in [0.2, 0.25) is 0 Å². The van der Waals surface area contributed by atoms with Crippen molar-refractivity contribution in [2.24, 2.45) is 0 Å². The molecule has 2 aliphatic heterocycles. The van der Waals surface area contributed by atoms with E-state index in [1.165, 1.54) is 4.90 Å². The number of likely N-dealkylation sites (tertiary alicyclic amines) is 1. The summed E-state index contributed by atoms with van der Waals surface area (Å²) in [6, 6.07) is 2.04. The lowest BCUT2D eigenvalue weighted by Gasteiger charge is -2.36. The lowest BCUT2D eigenvalue weighted by atomic mass is 10.0. The molecule has 2 saturated heterocycles. The molecule has 1 aromatic rings. The Labute approximate surface area is 120 Å². The third-order valence-corrected chi connectivity index (χ3v) is 4.67. The molecule has 0 unspecified atom stereocenters. The average molecular weight is 296 g/mol. The van der Waals surface area contributed by atoms with Gasteiger partial charge in [-0.25, -0.2) is 9.59 Å². The van der Waals surface area contributed by atoms with E-state index in [-0.39, 0.29) is 18.2 Å². The third-order valence-electron chi connectivity index (χ3n) is 3.97. The third kappa shape index (κ3) is 2.33. The van der Waals surface area contributed by atoms with Gasteiger partial charge in [-0.2, -0.15) is 11.3 Å². The summed E-state index contributed by atoms with van der Waals surface area (Å²) in [6.45, 7) is 1.33. The summed E-state index contributed by atoms with van der Waals surface area (Å²) in [4.78, 5) is 26.1. The predicted molar refractivity (Wildman–Crippen MR) is 72.9 cm³/mol. The van der Waals surface area contributed by atoms with Gasteiger partial charge in [0, 0.05) is 19.1 Å². The van der Waals surface area contributed by atoms with Crippen LogP contribution < -0.4 is 0 Å². The van der Waals surface area contributed by atoms with Crippen LogP contribution in [-0.2, 0) is 4.74 Å². The minimum atomic E-state index is -0.887. The molecule has 2 fully saturated rings. The number of hydrogen-bond acceptors (Lipinski definition) is 4. The van der Waals surface area contributed by atoms with Crippen LogP contribution in [0.15, 0.2) is 16.8 Å². The molecule has 0 aliphatic carbocycles. The maximum Gasteiger partial charge on any atom is 0.410 e. The van der Waals surface area contributed by atoms with E-state index < -0.39 is 6.09 Å². The molecule has 0 saturated carbocycles. The van der Waals surface area contributed by atoms with Gasteiger partial charge in [0.1, 0.15) is 6.61 Å². The number of ether oxygens (including phenoxy) is 1. The molecule has 3 rings (SSSR count). The Hall–Kier alpha value is -1.76. The molecule has 0 spiro atoms. The number of hydrogen-bond donors (Lipinski definition) is 1. The van der Waals surface area contributed by atoms with Crippen LogP contribution in [0.2, 0.25) is 0 Å². The summed E-state index contributed by atoms with van der Waals surface area (Å²) in [5, 5.41) is 13.0. The summed E-state index contributed by atoms with van der Waals surface area (Å²) < 4.78 is 5.19. The molecule has 1 N–H and O–H groups in total. The van der Waals surface area contributed by atoms with E-state index in [1.807, 2.05) is 16.8 Å². The van der Waals surface area contributed by atoms with Gasteiger partial charge in [-0.05, 0) is 35.2 Å². The molecule has 0 bridgehead atoms. The first kappa shape index (κ1) is 13.2. The number of rotatable bonds is 2. The normalized spacial score (nSPS) is 24.0. The fourth-order valence-electron chi connectivity index (χ4n) is 2.89. The molecule has 1 atom stereocenters. The molecule has 0 aromatic carbocycles.